The predicted molar refractivity (Wildman–Crippen MR) is 108 cm³/mol. The van der Waals surface area contributed by atoms with Gasteiger partial charge in [-0.25, -0.2) is 0 Å². The molecule has 0 radical (unpaired) electrons. The average molecular weight is 429 g/mol. The molecule has 3 aromatic rings. The highest BCUT2D eigenvalue weighted by atomic mass is 79.9. The summed E-state index contributed by atoms with van der Waals surface area (Å²) in [6, 6.07) is 23.7. The van der Waals surface area contributed by atoms with Crippen molar-refractivity contribution in [2.75, 3.05) is 0 Å². The number of hydrogen-bond acceptors (Lipinski definition) is 3. The molecule has 6 heteroatoms. The molecule has 3 aromatic carbocycles. The highest BCUT2D eigenvalue weighted by molar-refractivity contribution is 9.10. The molecular formula is C20H17BrN2O2S. The maximum atomic E-state index is 12.6. The molecule has 0 aliphatic carbocycles. The molecule has 4 nitrogen and oxygen atoms in total. The predicted octanol–water partition coefficient (Wildman–Crippen LogP) is 4.49. The van der Waals surface area contributed by atoms with E-state index in [1.165, 1.54) is 0 Å². The molecule has 0 amide bonds. The van der Waals surface area contributed by atoms with Gasteiger partial charge in [0.05, 0.1) is 10.6 Å². The fourth-order valence-electron chi connectivity index (χ4n) is 2.40. The SMILES string of the molecule is Cc1ccc(S(=O)(=O)N/N=C(/c2ccccc2)c2cccc(Br)c2)cc1. The van der Waals surface area contributed by atoms with E-state index >= 15 is 0 Å². The normalized spacial score (nSPS) is 12.0. The van der Waals surface area contributed by atoms with Crippen LogP contribution in [0.3, 0.4) is 0 Å². The molecule has 0 spiro atoms. The molecule has 0 aromatic heterocycles. The Morgan fingerprint density at radius 2 is 1.54 bits per heavy atom. The number of nitrogens with zero attached hydrogens (tertiary/aromatic N) is 1. The van der Waals surface area contributed by atoms with Crippen molar-refractivity contribution < 1.29 is 8.42 Å². The number of halogens is 1. The van der Waals surface area contributed by atoms with Crippen LogP contribution < -0.4 is 4.83 Å². The lowest BCUT2D eigenvalue weighted by Gasteiger charge is -2.10. The number of hydrogen-bond donors (Lipinski definition) is 1. The molecule has 132 valence electrons. The van der Waals surface area contributed by atoms with Crippen molar-refractivity contribution in [3.63, 3.8) is 0 Å². The number of nitrogens with one attached hydrogen (secondary N) is 1. The third-order valence-electron chi connectivity index (χ3n) is 3.75. The zero-order valence-electron chi connectivity index (χ0n) is 14.1. The third kappa shape index (κ3) is 4.39. The summed E-state index contributed by atoms with van der Waals surface area (Å²) >= 11 is 3.44. The fraction of sp³-hybridized carbons (Fsp3) is 0.0500. The number of aryl methyl sites for hydroxylation is 1. The molecule has 0 unspecified atom stereocenters. The highest BCUT2D eigenvalue weighted by Gasteiger charge is 2.14. The standard InChI is InChI=1S/C20H17BrN2O2S/c1-15-10-12-19(13-11-15)26(24,25)23-22-20(16-6-3-2-4-7-16)17-8-5-9-18(21)14-17/h2-14,23H,1H3/b22-20-. The van der Waals surface area contributed by atoms with E-state index < -0.39 is 10.0 Å². The summed E-state index contributed by atoms with van der Waals surface area (Å²) in [5.74, 6) is 0. The van der Waals surface area contributed by atoms with Gasteiger partial charge in [0, 0.05) is 15.6 Å². The van der Waals surface area contributed by atoms with Crippen molar-refractivity contribution in [2.24, 2.45) is 5.10 Å². The van der Waals surface area contributed by atoms with Crippen LogP contribution >= 0.6 is 15.9 Å². The van der Waals surface area contributed by atoms with Gasteiger partial charge in [-0.2, -0.15) is 18.4 Å². The van der Waals surface area contributed by atoms with Crippen molar-refractivity contribution in [3.8, 4) is 0 Å². The second-order valence-electron chi connectivity index (χ2n) is 5.74. The van der Waals surface area contributed by atoms with Gasteiger partial charge >= 0.3 is 0 Å². The van der Waals surface area contributed by atoms with Crippen LogP contribution in [0.4, 0.5) is 0 Å². The second kappa shape index (κ2) is 7.85. The second-order valence-corrected chi connectivity index (χ2v) is 8.32. The van der Waals surface area contributed by atoms with Crippen LogP contribution in [0.15, 0.2) is 93.3 Å². The topological polar surface area (TPSA) is 58.5 Å². The van der Waals surface area contributed by atoms with E-state index in [0.717, 1.165) is 21.2 Å². The molecule has 26 heavy (non-hydrogen) atoms. The molecule has 0 heterocycles. The Balaban J connectivity index is 2.00. The number of benzene rings is 3. The molecule has 0 aliphatic heterocycles. The molecule has 0 bridgehead atoms. The number of sulfonamides is 1. The van der Waals surface area contributed by atoms with Crippen molar-refractivity contribution in [1.82, 2.24) is 4.83 Å². The first-order chi connectivity index (χ1) is 12.5. The summed E-state index contributed by atoms with van der Waals surface area (Å²) in [6.07, 6.45) is 0. The van der Waals surface area contributed by atoms with E-state index in [9.17, 15) is 8.42 Å². The van der Waals surface area contributed by atoms with E-state index in [-0.39, 0.29) is 4.90 Å². The monoisotopic (exact) mass is 428 g/mol. The lowest BCUT2D eigenvalue weighted by Crippen LogP contribution is -2.21. The zero-order valence-corrected chi connectivity index (χ0v) is 16.5. The van der Waals surface area contributed by atoms with Crippen LogP contribution in [0.25, 0.3) is 0 Å². The Morgan fingerprint density at radius 3 is 2.19 bits per heavy atom. The number of rotatable bonds is 5. The third-order valence-corrected chi connectivity index (χ3v) is 5.47. The van der Waals surface area contributed by atoms with Crippen molar-refractivity contribution in [2.45, 2.75) is 11.8 Å². The van der Waals surface area contributed by atoms with Gasteiger partial charge < -0.3 is 0 Å². The van der Waals surface area contributed by atoms with Crippen molar-refractivity contribution in [1.29, 1.82) is 0 Å². The van der Waals surface area contributed by atoms with Crippen molar-refractivity contribution in [3.05, 3.63) is 100 Å². The smallest absolute Gasteiger partial charge is 0.200 e. The molecule has 3 rings (SSSR count). The van der Waals surface area contributed by atoms with Crippen molar-refractivity contribution >= 4 is 31.7 Å². The van der Waals surface area contributed by atoms with Gasteiger partial charge in [-0.15, -0.1) is 0 Å². The Morgan fingerprint density at radius 1 is 0.885 bits per heavy atom. The minimum atomic E-state index is -3.75. The van der Waals surface area contributed by atoms with Crippen LogP contribution in [0.1, 0.15) is 16.7 Å². The lowest BCUT2D eigenvalue weighted by atomic mass is 10.0. The molecule has 0 saturated heterocycles. The van der Waals surface area contributed by atoms with Crippen LogP contribution in [0, 0.1) is 6.92 Å². The summed E-state index contributed by atoms with van der Waals surface area (Å²) < 4.78 is 26.0. The molecule has 0 fully saturated rings. The van der Waals surface area contributed by atoms with E-state index in [4.69, 9.17) is 0 Å². The molecule has 0 saturated carbocycles. The Kier molecular flexibility index (Phi) is 5.54. The number of hydrazone groups is 1. The Hall–Kier alpha value is -2.44. The zero-order chi connectivity index (χ0) is 18.6. The first-order valence-electron chi connectivity index (χ1n) is 7.93. The summed E-state index contributed by atoms with van der Waals surface area (Å²) in [4.78, 5) is 2.53. The maximum Gasteiger partial charge on any atom is 0.276 e. The summed E-state index contributed by atoms with van der Waals surface area (Å²) in [6.45, 7) is 1.91. The first-order valence-corrected chi connectivity index (χ1v) is 10.2. The van der Waals surface area contributed by atoms with E-state index in [1.807, 2.05) is 61.5 Å². The average Bonchev–Trinajstić information content (AvgIpc) is 2.63. The Labute approximate surface area is 161 Å². The molecule has 0 aliphatic rings. The van der Waals surface area contributed by atoms with Crippen LogP contribution in [0.5, 0.6) is 0 Å². The summed E-state index contributed by atoms with van der Waals surface area (Å²) in [7, 11) is -3.75. The van der Waals surface area contributed by atoms with Crippen LogP contribution in [0.2, 0.25) is 0 Å². The Bertz CT molecular complexity index is 1030. The minimum absolute atomic E-state index is 0.175. The van der Waals surface area contributed by atoms with Crippen LogP contribution in [-0.2, 0) is 10.0 Å². The fourth-order valence-corrected chi connectivity index (χ4v) is 3.61. The van der Waals surface area contributed by atoms with Gasteiger partial charge in [0.2, 0.25) is 0 Å². The van der Waals surface area contributed by atoms with Crippen LogP contribution in [-0.4, -0.2) is 14.1 Å². The quantitative estimate of drug-likeness (QED) is 0.480. The van der Waals surface area contributed by atoms with Gasteiger partial charge in [0.15, 0.2) is 0 Å². The van der Waals surface area contributed by atoms with Gasteiger partial charge in [0.1, 0.15) is 0 Å². The van der Waals surface area contributed by atoms with E-state index in [0.29, 0.717) is 5.71 Å². The largest absolute Gasteiger partial charge is 0.276 e. The van der Waals surface area contributed by atoms with Gasteiger partial charge in [0.25, 0.3) is 10.0 Å². The van der Waals surface area contributed by atoms with E-state index in [2.05, 4.69) is 25.9 Å². The van der Waals surface area contributed by atoms with Gasteiger partial charge in [-0.05, 0) is 31.2 Å². The molecule has 1 N–H and O–H groups in total. The van der Waals surface area contributed by atoms with Gasteiger partial charge in [-0.1, -0.05) is 76.1 Å². The highest BCUT2D eigenvalue weighted by Crippen LogP contribution is 2.17. The minimum Gasteiger partial charge on any atom is -0.200 e. The summed E-state index contributed by atoms with van der Waals surface area (Å²) in [5, 5.41) is 4.23. The molecule has 0 atom stereocenters. The lowest BCUT2D eigenvalue weighted by molar-refractivity contribution is 0.584. The van der Waals surface area contributed by atoms with E-state index in [1.54, 1.807) is 24.3 Å². The van der Waals surface area contributed by atoms with Gasteiger partial charge in [-0.3, -0.25) is 0 Å². The summed E-state index contributed by atoms with van der Waals surface area (Å²) in [5.41, 5.74) is 3.16. The molecular weight excluding hydrogens is 412 g/mol. The first kappa shape index (κ1) is 18.4. The maximum absolute atomic E-state index is 12.6.